The zero-order valence-electron chi connectivity index (χ0n) is 17.3. The lowest BCUT2D eigenvalue weighted by atomic mass is 10.0. The van der Waals surface area contributed by atoms with Crippen molar-refractivity contribution in [1.82, 2.24) is 4.90 Å². The van der Waals surface area contributed by atoms with Crippen LogP contribution in [0.5, 0.6) is 5.75 Å². The summed E-state index contributed by atoms with van der Waals surface area (Å²) in [5, 5.41) is 8.88. The van der Waals surface area contributed by atoms with Crippen molar-refractivity contribution in [3.8, 4) is 5.75 Å². The van der Waals surface area contributed by atoms with Crippen molar-refractivity contribution >= 4 is 11.6 Å². The molecule has 0 bridgehead atoms. The molecule has 152 valence electrons. The molecule has 1 saturated heterocycles. The summed E-state index contributed by atoms with van der Waals surface area (Å²) >= 11 is 0. The van der Waals surface area contributed by atoms with Crippen LogP contribution in [0, 0.1) is 5.41 Å². The van der Waals surface area contributed by atoms with Gasteiger partial charge in [0.15, 0.2) is 5.96 Å². The second kappa shape index (κ2) is 11.9. The summed E-state index contributed by atoms with van der Waals surface area (Å²) in [4.78, 5) is 4.40. The minimum absolute atomic E-state index is 0.479. The average Bonchev–Trinajstić information content (AvgIpc) is 2.72. The quantitative estimate of drug-likeness (QED) is 0.356. The Morgan fingerprint density at radius 3 is 2.63 bits per heavy atom. The van der Waals surface area contributed by atoms with E-state index in [1.54, 1.807) is 0 Å². The third kappa shape index (κ3) is 6.42. The van der Waals surface area contributed by atoms with E-state index >= 15 is 0 Å². The number of nitrogens with two attached hydrogens (primary N) is 1. The Kier molecular flexibility index (Phi) is 9.46. The van der Waals surface area contributed by atoms with Gasteiger partial charge in [-0.2, -0.15) is 0 Å². The van der Waals surface area contributed by atoms with Gasteiger partial charge in [0.05, 0.1) is 6.61 Å². The number of hydrogen-bond donors (Lipinski definition) is 2. The lowest BCUT2D eigenvalue weighted by Crippen LogP contribution is -2.51. The van der Waals surface area contributed by atoms with E-state index in [1.807, 2.05) is 12.1 Å². The van der Waals surface area contributed by atoms with Crippen molar-refractivity contribution in [1.29, 1.82) is 5.41 Å². The van der Waals surface area contributed by atoms with Crippen molar-refractivity contribution in [3.63, 3.8) is 0 Å². The Balaban J connectivity index is 2.06. The van der Waals surface area contributed by atoms with Gasteiger partial charge < -0.3 is 20.3 Å². The Bertz CT molecular complexity index is 546. The number of anilines is 1. The van der Waals surface area contributed by atoms with Crippen molar-refractivity contribution < 1.29 is 4.74 Å². The van der Waals surface area contributed by atoms with Crippen molar-refractivity contribution in [2.75, 3.05) is 31.1 Å². The topological polar surface area (TPSA) is 65.6 Å². The first-order valence-electron chi connectivity index (χ1n) is 10.8. The van der Waals surface area contributed by atoms with Gasteiger partial charge >= 0.3 is 0 Å². The van der Waals surface area contributed by atoms with Gasteiger partial charge in [0.25, 0.3) is 0 Å². The van der Waals surface area contributed by atoms with E-state index in [0.717, 1.165) is 50.4 Å². The summed E-state index contributed by atoms with van der Waals surface area (Å²) in [6.45, 7) is 7.59. The van der Waals surface area contributed by atoms with Gasteiger partial charge in [0.1, 0.15) is 5.75 Å². The maximum absolute atomic E-state index is 8.88. The molecule has 1 aliphatic heterocycles. The van der Waals surface area contributed by atoms with Crippen LogP contribution in [0.2, 0.25) is 0 Å². The number of piperidine rings is 1. The predicted molar refractivity (Wildman–Crippen MR) is 115 cm³/mol. The monoisotopic (exact) mass is 374 g/mol. The van der Waals surface area contributed by atoms with E-state index in [4.69, 9.17) is 15.9 Å². The first-order chi connectivity index (χ1) is 13.2. The van der Waals surface area contributed by atoms with Crippen LogP contribution in [0.4, 0.5) is 5.69 Å². The van der Waals surface area contributed by atoms with Crippen molar-refractivity contribution in [2.24, 2.45) is 5.73 Å². The molecule has 0 aromatic heterocycles. The normalized spacial score (nSPS) is 17.0. The largest absolute Gasteiger partial charge is 0.494 e. The highest BCUT2D eigenvalue weighted by Crippen LogP contribution is 2.25. The number of likely N-dealkylation sites (tertiary alicyclic amines) is 1. The molecule has 0 radical (unpaired) electrons. The minimum Gasteiger partial charge on any atom is -0.494 e. The number of ether oxygens (including phenoxy) is 1. The minimum atomic E-state index is 0.479. The molecular formula is C22H38N4O. The van der Waals surface area contributed by atoms with Crippen molar-refractivity contribution in [2.45, 2.75) is 71.3 Å². The fraction of sp³-hybridized carbons (Fsp3) is 0.682. The van der Waals surface area contributed by atoms with Gasteiger partial charge in [-0.1, -0.05) is 26.7 Å². The van der Waals surface area contributed by atoms with Gasteiger partial charge in [-0.3, -0.25) is 5.41 Å². The summed E-state index contributed by atoms with van der Waals surface area (Å²) < 4.78 is 5.83. The van der Waals surface area contributed by atoms with Crippen LogP contribution in [0.25, 0.3) is 0 Å². The van der Waals surface area contributed by atoms with Crippen LogP contribution in [0.1, 0.15) is 65.2 Å². The Morgan fingerprint density at radius 2 is 1.96 bits per heavy atom. The Hall–Kier alpha value is -1.75. The highest BCUT2D eigenvalue weighted by Gasteiger charge is 2.26. The highest BCUT2D eigenvalue weighted by molar-refractivity contribution is 5.94. The van der Waals surface area contributed by atoms with E-state index in [2.05, 4.69) is 35.8 Å². The fourth-order valence-corrected chi connectivity index (χ4v) is 3.73. The third-order valence-corrected chi connectivity index (χ3v) is 5.38. The number of rotatable bonds is 10. The first-order valence-corrected chi connectivity index (χ1v) is 10.8. The molecule has 1 heterocycles. The van der Waals surface area contributed by atoms with E-state index in [1.165, 1.54) is 32.1 Å². The molecule has 0 saturated carbocycles. The lowest BCUT2D eigenvalue weighted by molar-refractivity contribution is 0.230. The summed E-state index contributed by atoms with van der Waals surface area (Å²) in [5.41, 5.74) is 6.81. The number of nitrogens with zero attached hydrogens (tertiary/aromatic N) is 2. The molecule has 2 rings (SSSR count). The molecule has 5 nitrogen and oxygen atoms in total. The average molecular weight is 375 g/mol. The second-order valence-corrected chi connectivity index (χ2v) is 7.42. The van der Waals surface area contributed by atoms with Gasteiger partial charge in [0, 0.05) is 24.8 Å². The molecule has 1 fully saturated rings. The first kappa shape index (κ1) is 21.5. The van der Waals surface area contributed by atoms with Crippen LogP contribution in [-0.4, -0.2) is 43.1 Å². The van der Waals surface area contributed by atoms with Gasteiger partial charge in [-0.05, 0) is 69.3 Å². The van der Waals surface area contributed by atoms with Crippen LogP contribution >= 0.6 is 0 Å². The number of benzene rings is 1. The van der Waals surface area contributed by atoms with Gasteiger partial charge in [0.2, 0.25) is 0 Å². The molecule has 27 heavy (non-hydrogen) atoms. The SMILES string of the molecule is CCCCCOc1ccc(N(CCCN)C(=N)N2CCCCC2CC)cc1. The fourth-order valence-electron chi connectivity index (χ4n) is 3.73. The molecule has 3 N–H and O–H groups in total. The standard InChI is InChI=1S/C22H38N4O/c1-3-5-8-18-27-21-13-11-20(12-14-21)26(17-9-15-23)22(24)25-16-7-6-10-19(25)4-2/h11-14,19,24H,3-10,15-18,23H2,1-2H3. The molecule has 0 aliphatic carbocycles. The van der Waals surface area contributed by atoms with Gasteiger partial charge in [-0.15, -0.1) is 0 Å². The Labute approximate surface area is 165 Å². The van der Waals surface area contributed by atoms with Crippen LogP contribution in [0.3, 0.4) is 0 Å². The smallest absolute Gasteiger partial charge is 0.198 e. The molecule has 0 spiro atoms. The zero-order chi connectivity index (χ0) is 19.5. The number of nitrogens with one attached hydrogen (secondary N) is 1. The van der Waals surface area contributed by atoms with E-state index < -0.39 is 0 Å². The summed E-state index contributed by atoms with van der Waals surface area (Å²) in [6.07, 6.45) is 9.11. The summed E-state index contributed by atoms with van der Waals surface area (Å²) in [5.74, 6) is 1.52. The molecule has 1 atom stereocenters. The molecule has 1 aromatic carbocycles. The Morgan fingerprint density at radius 1 is 1.19 bits per heavy atom. The van der Waals surface area contributed by atoms with Crippen LogP contribution in [0.15, 0.2) is 24.3 Å². The zero-order valence-corrected chi connectivity index (χ0v) is 17.3. The van der Waals surface area contributed by atoms with Crippen LogP contribution < -0.4 is 15.4 Å². The molecule has 0 amide bonds. The predicted octanol–water partition coefficient (Wildman–Crippen LogP) is 4.61. The summed E-state index contributed by atoms with van der Waals surface area (Å²) in [7, 11) is 0. The van der Waals surface area contributed by atoms with Crippen LogP contribution in [-0.2, 0) is 0 Å². The number of guanidine groups is 1. The second-order valence-electron chi connectivity index (χ2n) is 7.42. The van der Waals surface area contributed by atoms with E-state index in [0.29, 0.717) is 18.5 Å². The molecule has 5 heteroatoms. The maximum atomic E-state index is 8.88. The third-order valence-electron chi connectivity index (χ3n) is 5.38. The molecule has 1 aliphatic rings. The summed E-state index contributed by atoms with van der Waals surface area (Å²) in [6, 6.07) is 8.68. The molecule has 1 aromatic rings. The number of hydrogen-bond acceptors (Lipinski definition) is 3. The molecule has 1 unspecified atom stereocenters. The highest BCUT2D eigenvalue weighted by atomic mass is 16.5. The maximum Gasteiger partial charge on any atom is 0.198 e. The number of unbranched alkanes of at least 4 members (excludes halogenated alkanes) is 2. The van der Waals surface area contributed by atoms with Gasteiger partial charge in [-0.25, -0.2) is 0 Å². The van der Waals surface area contributed by atoms with E-state index in [-0.39, 0.29) is 0 Å². The molecular weight excluding hydrogens is 336 g/mol. The lowest BCUT2D eigenvalue weighted by Gasteiger charge is -2.41. The van der Waals surface area contributed by atoms with E-state index in [9.17, 15) is 0 Å². The van der Waals surface area contributed by atoms with Crippen molar-refractivity contribution in [3.05, 3.63) is 24.3 Å².